The summed E-state index contributed by atoms with van der Waals surface area (Å²) >= 11 is 2.90. The minimum atomic E-state index is -0.164. The number of methoxy groups -OCH3 is 1. The summed E-state index contributed by atoms with van der Waals surface area (Å²) in [5.74, 6) is 2.52. The van der Waals surface area contributed by atoms with Gasteiger partial charge in [0.2, 0.25) is 18.5 Å². The van der Waals surface area contributed by atoms with E-state index in [1.807, 2.05) is 17.5 Å². The molecule has 0 bridgehead atoms. The highest BCUT2D eigenvalue weighted by molar-refractivity contribution is 7.98. The zero-order valence-corrected chi connectivity index (χ0v) is 17.5. The van der Waals surface area contributed by atoms with E-state index in [2.05, 4.69) is 15.1 Å². The highest BCUT2D eigenvalue weighted by Gasteiger charge is 2.20. The number of benzene rings is 1. The molecule has 0 N–H and O–H groups in total. The predicted octanol–water partition coefficient (Wildman–Crippen LogP) is 3.18. The van der Waals surface area contributed by atoms with E-state index in [0.29, 0.717) is 58.2 Å². The summed E-state index contributed by atoms with van der Waals surface area (Å²) < 4.78 is 22.9. The average molecular weight is 444 g/mol. The molecule has 0 saturated carbocycles. The van der Waals surface area contributed by atoms with Crippen molar-refractivity contribution in [2.75, 3.05) is 20.5 Å². The topological polar surface area (TPSA) is 102 Å². The molecule has 154 valence electrons. The molecule has 11 heteroatoms. The van der Waals surface area contributed by atoms with Gasteiger partial charge in [0.25, 0.3) is 5.56 Å². The summed E-state index contributed by atoms with van der Waals surface area (Å²) in [5, 5.41) is 6.99. The van der Waals surface area contributed by atoms with E-state index in [-0.39, 0.29) is 12.4 Å². The Morgan fingerprint density at radius 1 is 1.27 bits per heavy atom. The lowest BCUT2D eigenvalue weighted by molar-refractivity contribution is 0.174. The van der Waals surface area contributed by atoms with Gasteiger partial charge >= 0.3 is 0 Å². The van der Waals surface area contributed by atoms with Gasteiger partial charge in [-0.3, -0.25) is 9.36 Å². The van der Waals surface area contributed by atoms with Gasteiger partial charge in [0, 0.05) is 13.2 Å². The fourth-order valence-corrected chi connectivity index (χ4v) is 4.54. The molecule has 0 saturated heterocycles. The van der Waals surface area contributed by atoms with Gasteiger partial charge in [-0.2, -0.15) is 4.98 Å². The lowest BCUT2D eigenvalue weighted by Gasteiger charge is -2.12. The lowest BCUT2D eigenvalue weighted by atomic mass is 10.2. The van der Waals surface area contributed by atoms with Crippen LogP contribution in [0.2, 0.25) is 0 Å². The number of ether oxygens (including phenoxy) is 3. The van der Waals surface area contributed by atoms with Gasteiger partial charge in [0.1, 0.15) is 0 Å². The van der Waals surface area contributed by atoms with E-state index in [9.17, 15) is 4.79 Å². The van der Waals surface area contributed by atoms with Crippen LogP contribution in [0.15, 0.2) is 44.1 Å². The molecule has 1 aliphatic rings. The Labute approximate surface area is 178 Å². The van der Waals surface area contributed by atoms with E-state index >= 15 is 0 Å². The maximum absolute atomic E-state index is 13.1. The summed E-state index contributed by atoms with van der Waals surface area (Å²) in [7, 11) is 1.59. The molecule has 1 aromatic carbocycles. The van der Waals surface area contributed by atoms with E-state index in [4.69, 9.17) is 18.7 Å². The molecule has 3 aromatic heterocycles. The molecule has 5 rings (SSSR count). The van der Waals surface area contributed by atoms with Gasteiger partial charge in [-0.1, -0.05) is 23.0 Å². The van der Waals surface area contributed by atoms with Crippen molar-refractivity contribution in [3.05, 3.63) is 45.9 Å². The van der Waals surface area contributed by atoms with E-state index in [0.717, 1.165) is 4.88 Å². The second-order valence-electron chi connectivity index (χ2n) is 6.34. The molecular weight excluding hydrogens is 428 g/mol. The molecule has 30 heavy (non-hydrogen) atoms. The molecule has 0 radical (unpaired) electrons. The number of thiophene rings is 1. The van der Waals surface area contributed by atoms with Gasteiger partial charge in [0.15, 0.2) is 16.7 Å². The molecule has 4 heterocycles. The van der Waals surface area contributed by atoms with E-state index in [1.165, 1.54) is 11.8 Å². The Hall–Kier alpha value is -2.89. The van der Waals surface area contributed by atoms with E-state index in [1.54, 1.807) is 35.1 Å². The first kappa shape index (κ1) is 19.1. The molecular formula is C19H16N4O5S2. The van der Waals surface area contributed by atoms with Crippen LogP contribution in [0.4, 0.5) is 0 Å². The van der Waals surface area contributed by atoms with Crippen LogP contribution in [0.3, 0.4) is 0 Å². The Morgan fingerprint density at radius 3 is 2.93 bits per heavy atom. The van der Waals surface area contributed by atoms with Crippen molar-refractivity contribution in [2.45, 2.75) is 17.5 Å². The Bertz CT molecular complexity index is 1250. The van der Waals surface area contributed by atoms with Crippen molar-refractivity contribution >= 4 is 34.0 Å². The largest absolute Gasteiger partial charge is 0.454 e. The normalized spacial score (nSPS) is 12.7. The van der Waals surface area contributed by atoms with Crippen LogP contribution in [0, 0.1) is 0 Å². The zero-order valence-electron chi connectivity index (χ0n) is 15.9. The van der Waals surface area contributed by atoms with E-state index < -0.39 is 0 Å². The predicted molar refractivity (Wildman–Crippen MR) is 111 cm³/mol. The standard InChI is InChI=1S/C19H16N4O5S2/c1-25-5-4-23-18(24)11-7-13-14(27-10-26-13)8-12(11)20-19(23)30-9-16-21-17(22-28-16)15-3-2-6-29-15/h2-3,6-8H,4-5,9-10H2,1H3. The van der Waals surface area contributed by atoms with Crippen LogP contribution in [0.25, 0.3) is 21.6 Å². The lowest BCUT2D eigenvalue weighted by Crippen LogP contribution is -2.25. The van der Waals surface area contributed by atoms with Crippen molar-refractivity contribution in [1.29, 1.82) is 0 Å². The minimum absolute atomic E-state index is 0.134. The zero-order chi connectivity index (χ0) is 20.5. The van der Waals surface area contributed by atoms with Gasteiger partial charge in [-0.05, 0) is 17.5 Å². The molecule has 0 amide bonds. The smallest absolute Gasteiger partial charge is 0.262 e. The summed E-state index contributed by atoms with van der Waals surface area (Å²) in [4.78, 5) is 23.2. The summed E-state index contributed by atoms with van der Waals surface area (Å²) in [6.45, 7) is 0.891. The second kappa shape index (κ2) is 8.09. The highest BCUT2D eigenvalue weighted by atomic mass is 32.2. The van der Waals surface area contributed by atoms with Crippen LogP contribution in [0.5, 0.6) is 11.5 Å². The first-order valence-electron chi connectivity index (χ1n) is 9.05. The van der Waals surface area contributed by atoms with Crippen LogP contribution >= 0.6 is 23.1 Å². The Kier molecular flexibility index (Phi) is 5.15. The SMILES string of the molecule is COCCn1c(SCc2nc(-c3cccs3)no2)nc2cc3c(cc2c1=O)OCO3. The van der Waals surface area contributed by atoms with Crippen LogP contribution in [0.1, 0.15) is 5.89 Å². The quantitative estimate of drug-likeness (QED) is 0.314. The molecule has 9 nitrogen and oxygen atoms in total. The van der Waals surface area contributed by atoms with Crippen LogP contribution < -0.4 is 15.0 Å². The summed E-state index contributed by atoms with van der Waals surface area (Å²) in [6.07, 6.45) is 0. The number of fused-ring (bicyclic) bond motifs is 2. The summed E-state index contributed by atoms with van der Waals surface area (Å²) in [5.41, 5.74) is 0.382. The van der Waals surface area contributed by atoms with Crippen LogP contribution in [-0.2, 0) is 17.0 Å². The highest BCUT2D eigenvalue weighted by Crippen LogP contribution is 2.35. The number of hydrogen-bond donors (Lipinski definition) is 0. The van der Waals surface area contributed by atoms with Crippen molar-refractivity contribution in [3.63, 3.8) is 0 Å². The van der Waals surface area contributed by atoms with Gasteiger partial charge in [0.05, 0.1) is 34.7 Å². The molecule has 0 aliphatic carbocycles. The van der Waals surface area contributed by atoms with Gasteiger partial charge < -0.3 is 18.7 Å². The molecule has 0 atom stereocenters. The molecule has 1 aliphatic heterocycles. The molecule has 0 spiro atoms. The second-order valence-corrected chi connectivity index (χ2v) is 8.23. The van der Waals surface area contributed by atoms with Gasteiger partial charge in [-0.15, -0.1) is 11.3 Å². The number of rotatable bonds is 7. The maximum atomic E-state index is 13.1. The van der Waals surface area contributed by atoms with Crippen molar-refractivity contribution < 1.29 is 18.7 Å². The Morgan fingerprint density at radius 2 is 2.13 bits per heavy atom. The molecule has 0 fully saturated rings. The molecule has 4 aromatic rings. The van der Waals surface area contributed by atoms with Crippen LogP contribution in [-0.4, -0.2) is 40.2 Å². The fraction of sp³-hybridized carbons (Fsp3) is 0.263. The third kappa shape index (κ3) is 3.55. The summed E-state index contributed by atoms with van der Waals surface area (Å²) in [6, 6.07) is 7.27. The number of nitrogens with zero attached hydrogens (tertiary/aromatic N) is 4. The monoisotopic (exact) mass is 444 g/mol. The Balaban J connectivity index is 1.47. The van der Waals surface area contributed by atoms with Gasteiger partial charge in [-0.25, -0.2) is 4.98 Å². The third-order valence-electron chi connectivity index (χ3n) is 4.47. The van der Waals surface area contributed by atoms with Crippen molar-refractivity contribution in [1.82, 2.24) is 19.7 Å². The maximum Gasteiger partial charge on any atom is 0.262 e. The number of thioether (sulfide) groups is 1. The van der Waals surface area contributed by atoms with Crippen molar-refractivity contribution in [3.8, 4) is 22.2 Å². The minimum Gasteiger partial charge on any atom is -0.454 e. The molecule has 0 unspecified atom stereocenters. The number of aromatic nitrogens is 4. The average Bonchev–Trinajstić information content (AvgIpc) is 3.51. The first-order chi connectivity index (χ1) is 14.7. The fourth-order valence-electron chi connectivity index (χ4n) is 3.03. The number of hydrogen-bond acceptors (Lipinski definition) is 10. The third-order valence-corrected chi connectivity index (χ3v) is 6.29. The first-order valence-corrected chi connectivity index (χ1v) is 10.9. The van der Waals surface area contributed by atoms with Crippen molar-refractivity contribution in [2.24, 2.45) is 0 Å².